The summed E-state index contributed by atoms with van der Waals surface area (Å²) in [5.74, 6) is 1.74. The van der Waals surface area contributed by atoms with Gasteiger partial charge in [-0.25, -0.2) is 0 Å². The molecule has 0 aromatic heterocycles. The summed E-state index contributed by atoms with van der Waals surface area (Å²) in [5, 5.41) is 0. The quantitative estimate of drug-likeness (QED) is 0.771. The normalized spacial score (nSPS) is 14.6. The van der Waals surface area contributed by atoms with E-state index in [0.717, 1.165) is 34.8 Å². The summed E-state index contributed by atoms with van der Waals surface area (Å²) in [7, 11) is 3.71. The number of nitrogens with zero attached hydrogens (tertiary/aromatic N) is 1. The smallest absolute Gasteiger partial charge is 0.144 e. The van der Waals surface area contributed by atoms with Crippen molar-refractivity contribution >= 4 is 21.6 Å². The lowest BCUT2D eigenvalue weighted by Gasteiger charge is -2.28. The second kappa shape index (κ2) is 3.69. The molecule has 1 aromatic rings. The van der Waals surface area contributed by atoms with E-state index in [1.807, 2.05) is 12.1 Å². The number of anilines is 1. The van der Waals surface area contributed by atoms with Gasteiger partial charge in [0.2, 0.25) is 0 Å². The van der Waals surface area contributed by atoms with Crippen LogP contribution in [0, 0.1) is 0 Å². The maximum atomic E-state index is 5.55. The molecule has 1 aromatic carbocycles. The van der Waals surface area contributed by atoms with Crippen molar-refractivity contribution in [3.05, 3.63) is 16.6 Å². The standard InChI is InChI=1S/C10H12BrNO2/c1-12-3-4-14-10-5-7(11)9(13-2)6-8(10)12/h5-6H,3-4H2,1-2H3. The van der Waals surface area contributed by atoms with Gasteiger partial charge in [-0.2, -0.15) is 0 Å². The van der Waals surface area contributed by atoms with Gasteiger partial charge in [-0.1, -0.05) is 0 Å². The number of hydrogen-bond donors (Lipinski definition) is 0. The first-order valence-corrected chi connectivity index (χ1v) is 5.23. The van der Waals surface area contributed by atoms with Crippen LogP contribution in [0.4, 0.5) is 5.69 Å². The van der Waals surface area contributed by atoms with E-state index in [4.69, 9.17) is 9.47 Å². The molecule has 0 amide bonds. The lowest BCUT2D eigenvalue weighted by atomic mass is 10.2. The Morgan fingerprint density at radius 2 is 2.29 bits per heavy atom. The van der Waals surface area contributed by atoms with Crippen LogP contribution in [0.1, 0.15) is 0 Å². The molecule has 0 spiro atoms. The third-order valence-corrected chi connectivity index (χ3v) is 2.95. The van der Waals surface area contributed by atoms with Gasteiger partial charge >= 0.3 is 0 Å². The van der Waals surface area contributed by atoms with Crippen LogP contribution in [0.2, 0.25) is 0 Å². The molecule has 0 fully saturated rings. The van der Waals surface area contributed by atoms with E-state index in [0.29, 0.717) is 0 Å². The molecule has 0 unspecified atom stereocenters. The number of fused-ring (bicyclic) bond motifs is 1. The SMILES string of the molecule is COc1cc2c(cc1Br)OCCN2C. The predicted molar refractivity (Wildman–Crippen MR) is 59.5 cm³/mol. The number of halogens is 1. The minimum absolute atomic E-state index is 0.738. The number of hydrogen-bond acceptors (Lipinski definition) is 3. The Morgan fingerprint density at radius 1 is 1.50 bits per heavy atom. The maximum Gasteiger partial charge on any atom is 0.144 e. The average molecular weight is 258 g/mol. The van der Waals surface area contributed by atoms with E-state index < -0.39 is 0 Å². The molecule has 1 heterocycles. The molecule has 1 aliphatic rings. The number of ether oxygens (including phenoxy) is 2. The van der Waals surface area contributed by atoms with Gasteiger partial charge in [-0.15, -0.1) is 0 Å². The van der Waals surface area contributed by atoms with Crippen molar-refractivity contribution in [1.29, 1.82) is 0 Å². The van der Waals surface area contributed by atoms with Gasteiger partial charge in [-0.05, 0) is 15.9 Å². The molecule has 4 heteroatoms. The van der Waals surface area contributed by atoms with E-state index in [2.05, 4.69) is 27.9 Å². The molecule has 0 saturated carbocycles. The Balaban J connectivity index is 2.49. The van der Waals surface area contributed by atoms with Gasteiger partial charge in [0.15, 0.2) is 0 Å². The summed E-state index contributed by atoms with van der Waals surface area (Å²) in [6, 6.07) is 3.93. The van der Waals surface area contributed by atoms with Gasteiger partial charge in [-0.3, -0.25) is 0 Å². The molecular formula is C10H12BrNO2. The number of likely N-dealkylation sites (N-methyl/N-ethyl adjacent to an activating group) is 1. The largest absolute Gasteiger partial charge is 0.495 e. The summed E-state index contributed by atoms with van der Waals surface area (Å²) in [6.07, 6.45) is 0. The fraction of sp³-hybridized carbons (Fsp3) is 0.400. The van der Waals surface area contributed by atoms with Crippen molar-refractivity contribution < 1.29 is 9.47 Å². The highest BCUT2D eigenvalue weighted by atomic mass is 79.9. The zero-order valence-corrected chi connectivity index (χ0v) is 9.80. The average Bonchev–Trinajstić information content (AvgIpc) is 2.17. The van der Waals surface area contributed by atoms with Gasteiger partial charge in [0.05, 0.1) is 23.8 Å². The molecule has 3 nitrogen and oxygen atoms in total. The van der Waals surface area contributed by atoms with Crippen molar-refractivity contribution in [3.63, 3.8) is 0 Å². The molecular weight excluding hydrogens is 246 g/mol. The lowest BCUT2D eigenvalue weighted by Crippen LogP contribution is -2.28. The summed E-state index contributed by atoms with van der Waals surface area (Å²) in [4.78, 5) is 2.16. The highest BCUT2D eigenvalue weighted by Gasteiger charge is 2.17. The Labute approximate surface area is 91.7 Å². The van der Waals surface area contributed by atoms with Crippen LogP contribution in [0.15, 0.2) is 16.6 Å². The van der Waals surface area contributed by atoms with Crippen LogP contribution in [-0.4, -0.2) is 27.3 Å². The fourth-order valence-corrected chi connectivity index (χ4v) is 1.99. The number of methoxy groups -OCH3 is 1. The zero-order valence-electron chi connectivity index (χ0n) is 8.21. The maximum absolute atomic E-state index is 5.55. The Kier molecular flexibility index (Phi) is 2.54. The minimum Gasteiger partial charge on any atom is -0.495 e. The minimum atomic E-state index is 0.738. The Bertz CT molecular complexity index is 354. The van der Waals surface area contributed by atoms with Crippen molar-refractivity contribution in [2.24, 2.45) is 0 Å². The van der Waals surface area contributed by atoms with E-state index in [1.165, 1.54) is 0 Å². The topological polar surface area (TPSA) is 21.7 Å². The number of rotatable bonds is 1. The Morgan fingerprint density at radius 3 is 3.00 bits per heavy atom. The van der Waals surface area contributed by atoms with E-state index in [-0.39, 0.29) is 0 Å². The highest BCUT2D eigenvalue weighted by Crippen LogP contribution is 2.39. The van der Waals surface area contributed by atoms with Crippen LogP contribution in [-0.2, 0) is 0 Å². The monoisotopic (exact) mass is 257 g/mol. The highest BCUT2D eigenvalue weighted by molar-refractivity contribution is 9.10. The van der Waals surface area contributed by atoms with E-state index in [1.54, 1.807) is 7.11 Å². The number of benzene rings is 1. The molecule has 0 bridgehead atoms. The molecule has 0 aliphatic carbocycles. The van der Waals surface area contributed by atoms with Crippen LogP contribution in [0.25, 0.3) is 0 Å². The van der Waals surface area contributed by atoms with E-state index in [9.17, 15) is 0 Å². The first-order chi connectivity index (χ1) is 6.72. The second-order valence-electron chi connectivity index (χ2n) is 3.22. The van der Waals surface area contributed by atoms with Crippen molar-refractivity contribution in [2.45, 2.75) is 0 Å². The summed E-state index contributed by atoms with van der Waals surface area (Å²) in [6.45, 7) is 1.65. The molecule has 1 aliphatic heterocycles. The molecule has 0 atom stereocenters. The zero-order chi connectivity index (χ0) is 10.1. The van der Waals surface area contributed by atoms with Crippen molar-refractivity contribution in [2.75, 3.05) is 32.2 Å². The lowest BCUT2D eigenvalue weighted by molar-refractivity contribution is 0.310. The molecule has 14 heavy (non-hydrogen) atoms. The van der Waals surface area contributed by atoms with Gasteiger partial charge in [0.25, 0.3) is 0 Å². The third-order valence-electron chi connectivity index (χ3n) is 2.33. The molecule has 0 radical (unpaired) electrons. The fourth-order valence-electron chi connectivity index (χ4n) is 1.51. The molecule has 76 valence electrons. The van der Waals surface area contributed by atoms with Crippen molar-refractivity contribution in [1.82, 2.24) is 0 Å². The first kappa shape index (κ1) is 9.65. The van der Waals surface area contributed by atoms with Gasteiger partial charge < -0.3 is 14.4 Å². The molecule has 0 saturated heterocycles. The van der Waals surface area contributed by atoms with Crippen LogP contribution < -0.4 is 14.4 Å². The molecule has 2 rings (SSSR count). The van der Waals surface area contributed by atoms with Crippen LogP contribution in [0.5, 0.6) is 11.5 Å². The summed E-state index contributed by atoms with van der Waals surface area (Å²) >= 11 is 3.43. The van der Waals surface area contributed by atoms with Gasteiger partial charge in [0.1, 0.15) is 18.1 Å². The summed E-state index contributed by atoms with van der Waals surface area (Å²) in [5.41, 5.74) is 1.08. The summed E-state index contributed by atoms with van der Waals surface area (Å²) < 4.78 is 11.7. The first-order valence-electron chi connectivity index (χ1n) is 4.44. The van der Waals surface area contributed by atoms with E-state index >= 15 is 0 Å². The Hall–Kier alpha value is -0.900. The van der Waals surface area contributed by atoms with Crippen LogP contribution in [0.3, 0.4) is 0 Å². The third kappa shape index (κ3) is 1.54. The second-order valence-corrected chi connectivity index (χ2v) is 4.08. The molecule has 0 N–H and O–H groups in total. The van der Waals surface area contributed by atoms with Crippen LogP contribution >= 0.6 is 15.9 Å². The predicted octanol–water partition coefficient (Wildman–Crippen LogP) is 2.29. The van der Waals surface area contributed by atoms with Crippen molar-refractivity contribution in [3.8, 4) is 11.5 Å². The van der Waals surface area contributed by atoms with Gasteiger partial charge in [0, 0.05) is 19.2 Å².